The first kappa shape index (κ1) is 17.3. The van der Waals surface area contributed by atoms with E-state index in [0.717, 1.165) is 16.6 Å². The molecule has 1 fully saturated rings. The highest BCUT2D eigenvalue weighted by Crippen LogP contribution is 2.24. The largest absolute Gasteiger partial charge is 0.334 e. The number of para-hydroxylation sites is 1. The van der Waals surface area contributed by atoms with Gasteiger partial charge in [-0.05, 0) is 19.9 Å². The van der Waals surface area contributed by atoms with Gasteiger partial charge in [0.25, 0.3) is 0 Å². The van der Waals surface area contributed by atoms with Crippen molar-refractivity contribution in [3.63, 3.8) is 0 Å². The second kappa shape index (κ2) is 6.38. The molecule has 1 aromatic carbocycles. The Hall–Kier alpha value is -2.57. The van der Waals surface area contributed by atoms with E-state index in [1.807, 2.05) is 43.0 Å². The lowest BCUT2D eigenvalue weighted by atomic mass is 9.98. The molecule has 0 spiro atoms. The van der Waals surface area contributed by atoms with Crippen molar-refractivity contribution in [3.05, 3.63) is 30.0 Å². The minimum atomic E-state index is -0.406. The summed E-state index contributed by atoms with van der Waals surface area (Å²) in [5.41, 5.74) is 1.30. The average molecular weight is 343 g/mol. The molecule has 0 radical (unpaired) electrons. The summed E-state index contributed by atoms with van der Waals surface area (Å²) in [6.45, 7) is 5.63. The lowest BCUT2D eigenvalue weighted by Crippen LogP contribution is -2.63. The van der Waals surface area contributed by atoms with E-state index in [-0.39, 0.29) is 18.4 Å². The fourth-order valence-electron chi connectivity index (χ4n) is 3.46. The number of nitrogens with one attached hydrogen (secondary N) is 1. The Balaban J connectivity index is 1.73. The van der Waals surface area contributed by atoms with Crippen LogP contribution in [0.15, 0.2) is 24.3 Å². The first-order valence-electron chi connectivity index (χ1n) is 8.48. The maximum absolute atomic E-state index is 12.9. The number of rotatable bonds is 2. The Morgan fingerprint density at radius 2 is 1.96 bits per heavy atom. The van der Waals surface area contributed by atoms with Crippen LogP contribution in [0.3, 0.4) is 0 Å². The highest BCUT2D eigenvalue weighted by Gasteiger charge is 2.38. The third kappa shape index (κ3) is 3.31. The van der Waals surface area contributed by atoms with Crippen molar-refractivity contribution < 1.29 is 9.59 Å². The zero-order valence-electron chi connectivity index (χ0n) is 15.2. The Labute approximate surface area is 147 Å². The highest BCUT2D eigenvalue weighted by atomic mass is 16.2. The monoisotopic (exact) mass is 343 g/mol. The number of hydrogen-bond donors (Lipinski definition) is 1. The molecule has 25 heavy (non-hydrogen) atoms. The summed E-state index contributed by atoms with van der Waals surface area (Å²) in [7, 11) is 3.49. The van der Waals surface area contributed by atoms with Crippen molar-refractivity contribution in [1.82, 2.24) is 24.9 Å². The van der Waals surface area contributed by atoms with Crippen LogP contribution in [0.1, 0.15) is 19.5 Å². The van der Waals surface area contributed by atoms with Gasteiger partial charge in [0.2, 0.25) is 5.91 Å². The zero-order valence-corrected chi connectivity index (χ0v) is 15.2. The summed E-state index contributed by atoms with van der Waals surface area (Å²) in [6.07, 6.45) is 0.283. The second-order valence-electron chi connectivity index (χ2n) is 7.35. The van der Waals surface area contributed by atoms with Gasteiger partial charge >= 0.3 is 6.03 Å². The predicted molar refractivity (Wildman–Crippen MR) is 96.2 cm³/mol. The molecule has 0 atom stereocenters. The van der Waals surface area contributed by atoms with Crippen LogP contribution in [0.4, 0.5) is 4.79 Å². The van der Waals surface area contributed by atoms with E-state index in [1.165, 1.54) is 0 Å². The van der Waals surface area contributed by atoms with Gasteiger partial charge in [0.05, 0.1) is 23.2 Å². The molecule has 2 aromatic rings. The molecule has 1 saturated heterocycles. The molecule has 3 amide bonds. The summed E-state index contributed by atoms with van der Waals surface area (Å²) in [5.74, 6) is 0.0522. The Bertz CT molecular complexity index is 796. The van der Waals surface area contributed by atoms with Gasteiger partial charge in [0.1, 0.15) is 0 Å². The van der Waals surface area contributed by atoms with E-state index < -0.39 is 5.54 Å². The molecular formula is C18H25N5O2. The number of hydrogen-bond acceptors (Lipinski definition) is 3. The molecular weight excluding hydrogens is 318 g/mol. The van der Waals surface area contributed by atoms with Gasteiger partial charge in [0, 0.05) is 39.1 Å². The van der Waals surface area contributed by atoms with Gasteiger partial charge in [-0.1, -0.05) is 18.2 Å². The number of aromatic nitrogens is 2. The molecule has 1 aromatic heterocycles. The summed E-state index contributed by atoms with van der Waals surface area (Å²) >= 11 is 0. The third-order valence-electron chi connectivity index (χ3n) is 4.72. The molecule has 134 valence electrons. The van der Waals surface area contributed by atoms with Crippen LogP contribution < -0.4 is 0 Å². The number of urea groups is 1. The van der Waals surface area contributed by atoms with Crippen molar-refractivity contribution in [2.75, 3.05) is 33.7 Å². The first-order valence-corrected chi connectivity index (χ1v) is 8.48. The van der Waals surface area contributed by atoms with Crippen LogP contribution in [0.5, 0.6) is 0 Å². The quantitative estimate of drug-likeness (QED) is 0.902. The Kier molecular flexibility index (Phi) is 4.41. The van der Waals surface area contributed by atoms with Gasteiger partial charge in [-0.25, -0.2) is 4.79 Å². The minimum absolute atomic E-state index is 0.0141. The van der Waals surface area contributed by atoms with Crippen molar-refractivity contribution in [1.29, 1.82) is 0 Å². The van der Waals surface area contributed by atoms with Gasteiger partial charge in [-0.15, -0.1) is 0 Å². The second-order valence-corrected chi connectivity index (χ2v) is 7.35. The standard InChI is InChI=1S/C18H25N5O2/c1-18(2)12-22(17(25)21(3)4)9-10-23(18)16(24)11-15-13-7-5-6-8-14(13)19-20-15/h5-8H,9-12H2,1-4H3,(H,19,20). The smallest absolute Gasteiger partial charge is 0.319 e. The first-order chi connectivity index (χ1) is 11.8. The number of H-pyrrole nitrogens is 1. The average Bonchev–Trinajstić information content (AvgIpc) is 2.96. The summed E-state index contributed by atoms with van der Waals surface area (Å²) < 4.78 is 0. The number of carbonyl (C=O) groups is 2. The number of piperazine rings is 1. The number of amides is 3. The number of aromatic amines is 1. The molecule has 0 bridgehead atoms. The molecule has 7 nitrogen and oxygen atoms in total. The zero-order chi connectivity index (χ0) is 18.2. The van der Waals surface area contributed by atoms with Gasteiger partial charge in [0.15, 0.2) is 0 Å². The number of benzene rings is 1. The minimum Gasteiger partial charge on any atom is -0.334 e. The SMILES string of the molecule is CN(C)C(=O)N1CCN(C(=O)Cc2[nH]nc3ccccc23)C(C)(C)C1. The fourth-order valence-corrected chi connectivity index (χ4v) is 3.46. The Morgan fingerprint density at radius 3 is 2.64 bits per heavy atom. The lowest BCUT2D eigenvalue weighted by molar-refractivity contribution is -0.139. The molecule has 0 aliphatic carbocycles. The molecule has 1 aliphatic heterocycles. The number of fused-ring (bicyclic) bond motifs is 1. The van der Waals surface area contributed by atoms with Crippen LogP contribution in [-0.4, -0.2) is 76.1 Å². The van der Waals surface area contributed by atoms with Gasteiger partial charge in [-0.2, -0.15) is 5.10 Å². The van der Waals surface area contributed by atoms with E-state index in [0.29, 0.717) is 19.6 Å². The van der Waals surface area contributed by atoms with Gasteiger partial charge in [-0.3, -0.25) is 9.89 Å². The highest BCUT2D eigenvalue weighted by molar-refractivity contribution is 5.87. The molecule has 1 aliphatic rings. The van der Waals surface area contributed by atoms with Crippen LogP contribution >= 0.6 is 0 Å². The van der Waals surface area contributed by atoms with Crippen LogP contribution in [0.25, 0.3) is 10.9 Å². The maximum atomic E-state index is 12.9. The van der Waals surface area contributed by atoms with E-state index in [2.05, 4.69) is 10.2 Å². The van der Waals surface area contributed by atoms with Crippen molar-refractivity contribution in [2.45, 2.75) is 25.8 Å². The fraction of sp³-hybridized carbons (Fsp3) is 0.500. The van der Waals surface area contributed by atoms with Crippen LogP contribution in [-0.2, 0) is 11.2 Å². The van der Waals surface area contributed by atoms with E-state index in [1.54, 1.807) is 23.9 Å². The van der Waals surface area contributed by atoms with Crippen molar-refractivity contribution >= 4 is 22.8 Å². The molecule has 1 N–H and O–H groups in total. The summed E-state index contributed by atoms with van der Waals surface area (Å²) in [6, 6.07) is 7.76. The van der Waals surface area contributed by atoms with Crippen LogP contribution in [0.2, 0.25) is 0 Å². The van der Waals surface area contributed by atoms with Crippen LogP contribution in [0, 0.1) is 0 Å². The van der Waals surface area contributed by atoms with E-state index >= 15 is 0 Å². The van der Waals surface area contributed by atoms with Crippen molar-refractivity contribution in [2.24, 2.45) is 0 Å². The molecule has 2 heterocycles. The number of carbonyl (C=O) groups excluding carboxylic acids is 2. The molecule has 7 heteroatoms. The summed E-state index contributed by atoms with van der Waals surface area (Å²) in [4.78, 5) is 30.4. The molecule has 0 saturated carbocycles. The lowest BCUT2D eigenvalue weighted by Gasteiger charge is -2.47. The molecule has 3 rings (SSSR count). The van der Waals surface area contributed by atoms with Gasteiger partial charge < -0.3 is 14.7 Å². The van der Waals surface area contributed by atoms with E-state index in [4.69, 9.17) is 0 Å². The maximum Gasteiger partial charge on any atom is 0.319 e. The summed E-state index contributed by atoms with van der Waals surface area (Å²) in [5, 5.41) is 8.22. The predicted octanol–water partition coefficient (Wildman–Crippen LogP) is 1.71. The number of nitrogens with zero attached hydrogens (tertiary/aromatic N) is 4. The third-order valence-corrected chi connectivity index (χ3v) is 4.72. The molecule has 0 unspecified atom stereocenters. The Morgan fingerprint density at radius 1 is 1.24 bits per heavy atom. The van der Waals surface area contributed by atoms with Crippen molar-refractivity contribution in [3.8, 4) is 0 Å². The normalized spacial score (nSPS) is 17.0. The van der Waals surface area contributed by atoms with E-state index in [9.17, 15) is 9.59 Å². The topological polar surface area (TPSA) is 72.5 Å².